The molecule has 4 nitrogen and oxygen atoms in total. The lowest BCUT2D eigenvalue weighted by Crippen LogP contribution is -2.26. The van der Waals surface area contributed by atoms with Crippen molar-refractivity contribution in [2.45, 2.75) is 39.7 Å². The van der Waals surface area contributed by atoms with Crippen LogP contribution in [-0.2, 0) is 24.2 Å². The predicted molar refractivity (Wildman–Crippen MR) is 126 cm³/mol. The number of fused-ring (bicyclic) bond motifs is 1. The summed E-state index contributed by atoms with van der Waals surface area (Å²) in [4.78, 5) is 17.2. The Morgan fingerprint density at radius 1 is 0.935 bits per heavy atom. The van der Waals surface area contributed by atoms with Crippen molar-refractivity contribution in [1.29, 1.82) is 0 Å². The number of carbonyl (C=O) groups excluding carboxylic acids is 1. The third-order valence-corrected chi connectivity index (χ3v) is 5.72. The zero-order chi connectivity index (χ0) is 21.6. The molecule has 0 aliphatic heterocycles. The highest BCUT2D eigenvalue weighted by Gasteiger charge is 2.12. The smallest absolute Gasteiger partial charge is 0.220 e. The van der Waals surface area contributed by atoms with Crippen LogP contribution in [0.2, 0.25) is 0 Å². The topological polar surface area (TPSA) is 46.9 Å². The summed E-state index contributed by atoms with van der Waals surface area (Å²) >= 11 is 0. The first-order chi connectivity index (χ1) is 15.1. The van der Waals surface area contributed by atoms with Crippen LogP contribution in [0.1, 0.15) is 34.5 Å². The number of nitrogens with zero attached hydrogens (tertiary/aromatic N) is 2. The second kappa shape index (κ2) is 9.61. The van der Waals surface area contributed by atoms with Crippen molar-refractivity contribution < 1.29 is 4.79 Å². The minimum atomic E-state index is 0.0843. The number of para-hydroxylation sites is 2. The number of hydrogen-bond donors (Lipinski definition) is 1. The maximum absolute atomic E-state index is 12.3. The van der Waals surface area contributed by atoms with Crippen molar-refractivity contribution in [3.63, 3.8) is 0 Å². The number of rotatable bonds is 8. The van der Waals surface area contributed by atoms with E-state index in [2.05, 4.69) is 72.3 Å². The molecular formula is C27H29N3O. The van der Waals surface area contributed by atoms with Crippen molar-refractivity contribution in [3.05, 3.63) is 101 Å². The van der Waals surface area contributed by atoms with E-state index in [4.69, 9.17) is 4.98 Å². The Morgan fingerprint density at radius 3 is 2.55 bits per heavy atom. The van der Waals surface area contributed by atoms with Gasteiger partial charge in [-0.05, 0) is 49.1 Å². The summed E-state index contributed by atoms with van der Waals surface area (Å²) in [5.74, 6) is 1.09. The summed E-state index contributed by atoms with van der Waals surface area (Å²) in [5, 5.41) is 3.07. The summed E-state index contributed by atoms with van der Waals surface area (Å²) in [5.41, 5.74) is 7.16. The second-order valence-corrected chi connectivity index (χ2v) is 8.12. The zero-order valence-corrected chi connectivity index (χ0v) is 18.3. The van der Waals surface area contributed by atoms with E-state index in [1.165, 1.54) is 22.3 Å². The monoisotopic (exact) mass is 411 g/mol. The first kappa shape index (κ1) is 20.9. The summed E-state index contributed by atoms with van der Waals surface area (Å²) in [6, 6.07) is 24.9. The van der Waals surface area contributed by atoms with E-state index < -0.39 is 0 Å². The highest BCUT2D eigenvalue weighted by Crippen LogP contribution is 2.20. The third-order valence-electron chi connectivity index (χ3n) is 5.72. The van der Waals surface area contributed by atoms with Crippen LogP contribution in [0.15, 0.2) is 72.8 Å². The number of aromatic nitrogens is 2. The van der Waals surface area contributed by atoms with Crippen molar-refractivity contribution in [2.75, 3.05) is 6.54 Å². The van der Waals surface area contributed by atoms with Gasteiger partial charge >= 0.3 is 0 Å². The Hall–Kier alpha value is -3.40. The van der Waals surface area contributed by atoms with E-state index in [0.29, 0.717) is 19.4 Å². The van der Waals surface area contributed by atoms with Crippen LogP contribution >= 0.6 is 0 Å². The normalized spacial score (nSPS) is 11.0. The fraction of sp³-hybridized carbons (Fsp3) is 0.259. The van der Waals surface area contributed by atoms with Crippen LogP contribution in [0.5, 0.6) is 0 Å². The summed E-state index contributed by atoms with van der Waals surface area (Å²) in [6.45, 7) is 5.65. The van der Waals surface area contributed by atoms with Gasteiger partial charge in [-0.1, -0.05) is 66.2 Å². The number of carbonyl (C=O) groups is 1. The van der Waals surface area contributed by atoms with Crippen molar-refractivity contribution in [1.82, 2.24) is 14.9 Å². The molecule has 3 aromatic carbocycles. The molecule has 0 fully saturated rings. The Bertz CT molecular complexity index is 1180. The van der Waals surface area contributed by atoms with Gasteiger partial charge in [0, 0.05) is 25.9 Å². The first-order valence-electron chi connectivity index (χ1n) is 10.9. The Labute approximate surface area is 183 Å². The molecular weight excluding hydrogens is 382 g/mol. The number of nitrogens with one attached hydrogen (secondary N) is 1. The van der Waals surface area contributed by atoms with Crippen molar-refractivity contribution in [2.24, 2.45) is 0 Å². The molecule has 4 aromatic rings. The van der Waals surface area contributed by atoms with Gasteiger partial charge in [-0.2, -0.15) is 0 Å². The number of hydrogen-bond acceptors (Lipinski definition) is 2. The van der Waals surface area contributed by atoms with Gasteiger partial charge in [-0.25, -0.2) is 4.98 Å². The minimum absolute atomic E-state index is 0.0843. The van der Waals surface area contributed by atoms with Gasteiger partial charge in [0.2, 0.25) is 5.91 Å². The molecule has 4 heteroatoms. The molecule has 0 atom stereocenters. The number of aryl methyl sites for hydroxylation is 3. The molecule has 0 aliphatic carbocycles. The second-order valence-electron chi connectivity index (χ2n) is 8.12. The van der Waals surface area contributed by atoms with Gasteiger partial charge in [0.15, 0.2) is 0 Å². The molecule has 0 radical (unpaired) electrons. The van der Waals surface area contributed by atoms with Crippen LogP contribution in [-0.4, -0.2) is 22.0 Å². The van der Waals surface area contributed by atoms with E-state index >= 15 is 0 Å². The summed E-state index contributed by atoms with van der Waals surface area (Å²) in [7, 11) is 0. The fourth-order valence-electron chi connectivity index (χ4n) is 3.94. The average Bonchev–Trinajstić information content (AvgIpc) is 3.13. The fourth-order valence-corrected chi connectivity index (χ4v) is 3.94. The average molecular weight is 412 g/mol. The molecule has 1 aromatic heterocycles. The SMILES string of the molecule is Cc1ccc(C)c(Cn2c(CCNC(=O)CCc3ccccc3)nc3ccccc32)c1. The molecule has 0 saturated carbocycles. The van der Waals surface area contributed by atoms with Gasteiger partial charge in [0.1, 0.15) is 5.82 Å². The molecule has 31 heavy (non-hydrogen) atoms. The van der Waals surface area contributed by atoms with Gasteiger partial charge in [0.05, 0.1) is 11.0 Å². The Balaban J connectivity index is 1.44. The molecule has 1 heterocycles. The molecule has 0 spiro atoms. The third kappa shape index (κ3) is 5.21. The zero-order valence-electron chi connectivity index (χ0n) is 18.3. The van der Waals surface area contributed by atoms with E-state index in [-0.39, 0.29) is 5.91 Å². The molecule has 1 amide bonds. The standard InChI is InChI=1S/C27H29N3O/c1-20-12-13-21(2)23(18-20)19-30-25-11-7-6-10-24(25)29-26(30)16-17-28-27(31)15-14-22-8-4-3-5-9-22/h3-13,18H,14-17,19H2,1-2H3,(H,28,31). The largest absolute Gasteiger partial charge is 0.356 e. The van der Waals surface area contributed by atoms with Crippen LogP contribution < -0.4 is 5.32 Å². The highest BCUT2D eigenvalue weighted by molar-refractivity contribution is 5.77. The maximum atomic E-state index is 12.3. The molecule has 0 saturated heterocycles. The van der Waals surface area contributed by atoms with E-state index in [0.717, 1.165) is 29.8 Å². The van der Waals surface area contributed by atoms with E-state index in [9.17, 15) is 4.79 Å². The van der Waals surface area contributed by atoms with Crippen LogP contribution in [0.4, 0.5) is 0 Å². The molecule has 0 unspecified atom stereocenters. The number of imidazole rings is 1. The first-order valence-corrected chi connectivity index (χ1v) is 10.9. The van der Waals surface area contributed by atoms with Crippen LogP contribution in [0.3, 0.4) is 0 Å². The minimum Gasteiger partial charge on any atom is -0.356 e. The Kier molecular flexibility index (Phi) is 6.46. The molecule has 0 bridgehead atoms. The van der Waals surface area contributed by atoms with E-state index in [1.54, 1.807) is 0 Å². The number of amides is 1. The molecule has 4 rings (SSSR count). The van der Waals surface area contributed by atoms with Gasteiger partial charge in [0.25, 0.3) is 0 Å². The van der Waals surface area contributed by atoms with Gasteiger partial charge in [-0.3, -0.25) is 4.79 Å². The molecule has 1 N–H and O–H groups in total. The molecule has 158 valence electrons. The Morgan fingerprint density at radius 2 is 1.71 bits per heavy atom. The van der Waals surface area contributed by atoms with Gasteiger partial charge in [-0.15, -0.1) is 0 Å². The summed E-state index contributed by atoms with van der Waals surface area (Å²) in [6.07, 6.45) is 1.97. The predicted octanol–water partition coefficient (Wildman–Crippen LogP) is 4.99. The van der Waals surface area contributed by atoms with Crippen molar-refractivity contribution >= 4 is 16.9 Å². The maximum Gasteiger partial charge on any atom is 0.220 e. The van der Waals surface area contributed by atoms with E-state index in [1.807, 2.05) is 24.3 Å². The number of benzene rings is 3. The van der Waals surface area contributed by atoms with Crippen LogP contribution in [0.25, 0.3) is 11.0 Å². The molecule has 0 aliphatic rings. The lowest BCUT2D eigenvalue weighted by Gasteiger charge is -2.13. The highest BCUT2D eigenvalue weighted by atomic mass is 16.1. The van der Waals surface area contributed by atoms with Crippen molar-refractivity contribution in [3.8, 4) is 0 Å². The lowest BCUT2D eigenvalue weighted by atomic mass is 10.1. The quantitative estimate of drug-likeness (QED) is 0.444. The summed E-state index contributed by atoms with van der Waals surface area (Å²) < 4.78 is 2.28. The lowest BCUT2D eigenvalue weighted by molar-refractivity contribution is -0.121. The van der Waals surface area contributed by atoms with Crippen LogP contribution in [0, 0.1) is 13.8 Å². The van der Waals surface area contributed by atoms with Gasteiger partial charge < -0.3 is 9.88 Å².